The van der Waals surface area contributed by atoms with Crippen molar-refractivity contribution in [1.29, 1.82) is 0 Å². The molecule has 26 heavy (non-hydrogen) atoms. The van der Waals surface area contributed by atoms with Gasteiger partial charge in [-0.2, -0.15) is 13.2 Å². The molecule has 1 aromatic carbocycles. The summed E-state index contributed by atoms with van der Waals surface area (Å²) < 4.78 is 50.2. The molecule has 0 aliphatic carbocycles. The first-order valence-corrected chi connectivity index (χ1v) is 8.12. The minimum atomic E-state index is -4.79. The number of oxazole rings is 1. The molecule has 2 aromatic heterocycles. The Bertz CT molecular complexity index is 936. The first-order valence-electron chi connectivity index (χ1n) is 7.24. The topological polar surface area (TPSA) is 78.4 Å². The lowest BCUT2D eigenvalue weighted by Crippen LogP contribution is -2.10. The summed E-state index contributed by atoms with van der Waals surface area (Å²) in [7, 11) is 0. The van der Waals surface area contributed by atoms with Crippen LogP contribution < -0.4 is 4.74 Å². The molecule has 0 unspecified atom stereocenters. The number of aromatic nitrogens is 1. The van der Waals surface area contributed by atoms with E-state index in [1.54, 1.807) is 13.0 Å². The maximum absolute atomic E-state index is 13.2. The van der Waals surface area contributed by atoms with Crippen molar-refractivity contribution in [1.82, 2.24) is 4.98 Å². The highest BCUT2D eigenvalue weighted by atomic mass is 32.1. The predicted octanol–water partition coefficient (Wildman–Crippen LogP) is 5.22. The number of hydrogen-bond acceptors (Lipinski definition) is 6. The summed E-state index contributed by atoms with van der Waals surface area (Å²) in [6, 6.07) is 5.96. The normalized spacial score (nSPS) is 11.5. The number of hydrogen-bond donors (Lipinski definition) is 0. The van der Waals surface area contributed by atoms with Crippen LogP contribution in [0.2, 0.25) is 0 Å². The minimum absolute atomic E-state index is 0.262. The molecule has 0 fully saturated rings. The molecule has 0 saturated heterocycles. The third-order valence-electron chi connectivity index (χ3n) is 3.47. The molecule has 0 aliphatic rings. The molecule has 0 amide bonds. The summed E-state index contributed by atoms with van der Waals surface area (Å²) in [5.74, 6) is 0.267. The fourth-order valence-electron chi connectivity index (χ4n) is 2.19. The van der Waals surface area contributed by atoms with Crippen LogP contribution in [-0.4, -0.2) is 9.91 Å². The van der Waals surface area contributed by atoms with Crippen molar-refractivity contribution >= 4 is 17.0 Å². The van der Waals surface area contributed by atoms with Gasteiger partial charge in [0.25, 0.3) is 5.69 Å². The molecule has 0 N–H and O–H groups in total. The summed E-state index contributed by atoms with van der Waals surface area (Å²) in [4.78, 5) is 14.8. The van der Waals surface area contributed by atoms with E-state index in [-0.39, 0.29) is 6.61 Å². The molecule has 0 radical (unpaired) electrons. The SMILES string of the molecule is Cc1oc(-c2cccs2)nc1COc1ccc([N+](=O)[O-])cc1C(F)(F)F. The Morgan fingerprint density at radius 3 is 2.73 bits per heavy atom. The van der Waals surface area contributed by atoms with E-state index < -0.39 is 28.1 Å². The molecular weight excluding hydrogens is 373 g/mol. The lowest BCUT2D eigenvalue weighted by Gasteiger charge is -2.13. The highest BCUT2D eigenvalue weighted by Crippen LogP contribution is 2.38. The predicted molar refractivity (Wildman–Crippen MR) is 87.0 cm³/mol. The van der Waals surface area contributed by atoms with Crippen LogP contribution in [-0.2, 0) is 12.8 Å². The first-order chi connectivity index (χ1) is 12.3. The molecule has 0 saturated carbocycles. The van der Waals surface area contributed by atoms with Crippen LogP contribution in [0.3, 0.4) is 0 Å². The number of rotatable bonds is 5. The molecule has 136 valence electrons. The average Bonchev–Trinajstić information content (AvgIpc) is 3.21. The lowest BCUT2D eigenvalue weighted by atomic mass is 10.1. The van der Waals surface area contributed by atoms with Crippen molar-refractivity contribution in [2.45, 2.75) is 19.7 Å². The van der Waals surface area contributed by atoms with Crippen LogP contribution in [0.4, 0.5) is 18.9 Å². The first kappa shape index (κ1) is 17.9. The van der Waals surface area contributed by atoms with Crippen LogP contribution in [0.15, 0.2) is 40.1 Å². The fourth-order valence-corrected chi connectivity index (χ4v) is 2.84. The molecule has 0 spiro atoms. The minimum Gasteiger partial charge on any atom is -0.487 e. The van der Waals surface area contributed by atoms with Gasteiger partial charge in [-0.3, -0.25) is 10.1 Å². The summed E-state index contributed by atoms with van der Waals surface area (Å²) >= 11 is 1.41. The lowest BCUT2D eigenvalue weighted by molar-refractivity contribution is -0.385. The third kappa shape index (κ3) is 3.69. The van der Waals surface area contributed by atoms with Gasteiger partial charge >= 0.3 is 6.18 Å². The molecule has 0 atom stereocenters. The number of ether oxygens (including phenoxy) is 1. The molecule has 2 heterocycles. The summed E-state index contributed by atoms with van der Waals surface area (Å²) in [6.45, 7) is 1.37. The van der Waals surface area contributed by atoms with Gasteiger partial charge < -0.3 is 9.15 Å². The van der Waals surface area contributed by atoms with E-state index in [9.17, 15) is 23.3 Å². The zero-order chi connectivity index (χ0) is 18.9. The van der Waals surface area contributed by atoms with Crippen LogP contribution in [0.25, 0.3) is 10.8 Å². The number of non-ortho nitro benzene ring substituents is 1. The van der Waals surface area contributed by atoms with Gasteiger partial charge in [0, 0.05) is 12.1 Å². The number of halogens is 3. The quantitative estimate of drug-likeness (QED) is 0.445. The number of benzene rings is 1. The van der Waals surface area contributed by atoms with Crippen LogP contribution in [0.1, 0.15) is 17.0 Å². The van der Waals surface area contributed by atoms with E-state index in [4.69, 9.17) is 9.15 Å². The van der Waals surface area contributed by atoms with Crippen LogP contribution in [0, 0.1) is 17.0 Å². The largest absolute Gasteiger partial charge is 0.487 e. The number of thiophene rings is 1. The van der Waals surface area contributed by atoms with Gasteiger partial charge in [0.2, 0.25) is 5.89 Å². The van der Waals surface area contributed by atoms with E-state index in [0.717, 1.165) is 17.0 Å². The van der Waals surface area contributed by atoms with Gasteiger partial charge in [0.05, 0.1) is 9.80 Å². The summed E-state index contributed by atoms with van der Waals surface area (Å²) in [6.07, 6.45) is -4.79. The Hall–Kier alpha value is -2.88. The zero-order valence-electron chi connectivity index (χ0n) is 13.2. The van der Waals surface area contributed by atoms with Crippen molar-refractivity contribution in [3.05, 3.63) is 62.8 Å². The monoisotopic (exact) mass is 384 g/mol. The van der Waals surface area contributed by atoms with Crippen molar-refractivity contribution in [2.24, 2.45) is 0 Å². The molecule has 0 bridgehead atoms. The molecule has 10 heteroatoms. The van der Waals surface area contributed by atoms with Crippen LogP contribution >= 0.6 is 11.3 Å². The molecular formula is C16H11F3N2O4S. The number of alkyl halides is 3. The van der Waals surface area contributed by atoms with E-state index in [1.807, 2.05) is 11.4 Å². The van der Waals surface area contributed by atoms with E-state index in [0.29, 0.717) is 23.4 Å². The fraction of sp³-hybridized carbons (Fsp3) is 0.188. The van der Waals surface area contributed by atoms with Gasteiger partial charge in [-0.05, 0) is 24.4 Å². The average molecular weight is 384 g/mol. The second kappa shape index (κ2) is 6.79. The zero-order valence-corrected chi connectivity index (χ0v) is 14.1. The van der Waals surface area contributed by atoms with Gasteiger partial charge in [-0.25, -0.2) is 4.98 Å². The van der Waals surface area contributed by atoms with Gasteiger partial charge in [0.1, 0.15) is 29.4 Å². The Balaban J connectivity index is 1.85. The Kier molecular flexibility index (Phi) is 4.68. The van der Waals surface area contributed by atoms with Crippen molar-refractivity contribution in [3.8, 4) is 16.5 Å². The molecule has 0 aliphatic heterocycles. The van der Waals surface area contributed by atoms with E-state index in [2.05, 4.69) is 4.98 Å². The van der Waals surface area contributed by atoms with E-state index >= 15 is 0 Å². The van der Waals surface area contributed by atoms with Gasteiger partial charge in [0.15, 0.2) is 0 Å². The number of nitro benzene ring substituents is 1. The highest BCUT2D eigenvalue weighted by molar-refractivity contribution is 7.13. The Morgan fingerprint density at radius 2 is 2.12 bits per heavy atom. The smallest absolute Gasteiger partial charge is 0.420 e. The third-order valence-corrected chi connectivity index (χ3v) is 4.33. The molecule has 3 rings (SSSR count). The van der Waals surface area contributed by atoms with Crippen molar-refractivity contribution < 1.29 is 27.2 Å². The standard InChI is InChI=1S/C16H11F3N2O4S/c1-9-12(20-15(25-9)14-3-2-6-26-14)8-24-13-5-4-10(21(22)23)7-11(13)16(17,18)19/h2-7H,8H2,1H3. The number of nitrogens with zero attached hydrogens (tertiary/aromatic N) is 2. The van der Waals surface area contributed by atoms with Gasteiger partial charge in [-0.15, -0.1) is 11.3 Å². The maximum Gasteiger partial charge on any atom is 0.420 e. The van der Waals surface area contributed by atoms with Crippen molar-refractivity contribution in [3.63, 3.8) is 0 Å². The Labute approximate surface area is 149 Å². The number of aryl methyl sites for hydroxylation is 1. The number of nitro groups is 1. The second-order valence-electron chi connectivity index (χ2n) is 5.22. The summed E-state index contributed by atoms with van der Waals surface area (Å²) in [5, 5.41) is 12.6. The molecule has 6 nitrogen and oxygen atoms in total. The maximum atomic E-state index is 13.2. The summed E-state index contributed by atoms with van der Waals surface area (Å²) in [5.41, 5.74) is -1.53. The Morgan fingerprint density at radius 1 is 1.35 bits per heavy atom. The van der Waals surface area contributed by atoms with Crippen LogP contribution in [0.5, 0.6) is 5.75 Å². The highest BCUT2D eigenvalue weighted by Gasteiger charge is 2.36. The second-order valence-corrected chi connectivity index (χ2v) is 6.17. The van der Waals surface area contributed by atoms with E-state index in [1.165, 1.54) is 11.3 Å². The molecule has 3 aromatic rings. The van der Waals surface area contributed by atoms with Crippen molar-refractivity contribution in [2.75, 3.05) is 0 Å². The van der Waals surface area contributed by atoms with Gasteiger partial charge in [-0.1, -0.05) is 6.07 Å².